The third kappa shape index (κ3) is 2.95. The normalized spacial score (nSPS) is 10.7. The number of nitrogens with zero attached hydrogens (tertiary/aromatic N) is 3. The van der Waals surface area contributed by atoms with Crippen molar-refractivity contribution in [3.8, 4) is 22.6 Å². The van der Waals surface area contributed by atoms with Crippen molar-refractivity contribution in [2.24, 2.45) is 0 Å². The highest BCUT2D eigenvalue weighted by Gasteiger charge is 2.09. The standard InChI is InChI=1S/C20H13N3O2/c24-23(25)17-8-3-7-15(11-17)18-9-4-10-19(22-18)20-12-14-5-1-2-6-16(14)13-21-20/h1-13H. The van der Waals surface area contributed by atoms with E-state index in [4.69, 9.17) is 0 Å². The Morgan fingerprint density at radius 2 is 1.52 bits per heavy atom. The first-order chi connectivity index (χ1) is 12.2. The number of nitro benzene ring substituents is 1. The average molecular weight is 327 g/mol. The molecule has 0 atom stereocenters. The van der Waals surface area contributed by atoms with E-state index >= 15 is 0 Å². The molecule has 2 aromatic carbocycles. The average Bonchev–Trinajstić information content (AvgIpc) is 2.68. The molecule has 4 rings (SSSR count). The van der Waals surface area contributed by atoms with Crippen molar-refractivity contribution in [1.29, 1.82) is 0 Å². The molecule has 2 heterocycles. The van der Waals surface area contributed by atoms with E-state index < -0.39 is 4.92 Å². The molecule has 2 aromatic heterocycles. The van der Waals surface area contributed by atoms with Gasteiger partial charge in [0.2, 0.25) is 0 Å². The maximum absolute atomic E-state index is 11.0. The van der Waals surface area contributed by atoms with Crippen LogP contribution >= 0.6 is 0 Å². The van der Waals surface area contributed by atoms with Gasteiger partial charge in [0.25, 0.3) is 5.69 Å². The van der Waals surface area contributed by atoms with Crippen LogP contribution in [0.4, 0.5) is 5.69 Å². The lowest BCUT2D eigenvalue weighted by Gasteiger charge is -2.06. The Bertz CT molecular complexity index is 1090. The zero-order chi connectivity index (χ0) is 17.2. The van der Waals surface area contributed by atoms with Crippen LogP contribution in [0.1, 0.15) is 0 Å². The van der Waals surface area contributed by atoms with Crippen LogP contribution in [0.2, 0.25) is 0 Å². The first-order valence-electron chi connectivity index (χ1n) is 7.78. The summed E-state index contributed by atoms with van der Waals surface area (Å²) in [6, 6.07) is 22.1. The first kappa shape index (κ1) is 15.0. The van der Waals surface area contributed by atoms with E-state index in [1.54, 1.807) is 6.07 Å². The summed E-state index contributed by atoms with van der Waals surface area (Å²) in [5.41, 5.74) is 2.93. The number of nitro groups is 1. The summed E-state index contributed by atoms with van der Waals surface area (Å²) < 4.78 is 0. The highest BCUT2D eigenvalue weighted by Crippen LogP contribution is 2.26. The number of benzene rings is 2. The fourth-order valence-electron chi connectivity index (χ4n) is 2.74. The van der Waals surface area contributed by atoms with Crippen LogP contribution in [0.25, 0.3) is 33.4 Å². The van der Waals surface area contributed by atoms with Gasteiger partial charge in [-0.05, 0) is 23.6 Å². The van der Waals surface area contributed by atoms with Gasteiger partial charge in [-0.3, -0.25) is 15.1 Å². The van der Waals surface area contributed by atoms with Crippen molar-refractivity contribution in [3.05, 3.63) is 89.1 Å². The van der Waals surface area contributed by atoms with Gasteiger partial charge in [0, 0.05) is 29.3 Å². The molecule has 0 saturated heterocycles. The Labute approximate surface area is 143 Å². The van der Waals surface area contributed by atoms with Gasteiger partial charge in [-0.25, -0.2) is 4.98 Å². The molecule has 0 aliphatic carbocycles. The predicted octanol–water partition coefficient (Wildman–Crippen LogP) is 4.87. The van der Waals surface area contributed by atoms with Gasteiger partial charge in [0.05, 0.1) is 22.0 Å². The molecule has 0 aliphatic heterocycles. The van der Waals surface area contributed by atoms with Crippen LogP contribution in [0, 0.1) is 10.1 Å². The SMILES string of the molecule is O=[N+]([O-])c1cccc(-c2cccc(-c3cc4ccccc4cn3)n2)c1. The quantitative estimate of drug-likeness (QED) is 0.397. The van der Waals surface area contributed by atoms with Gasteiger partial charge < -0.3 is 0 Å². The van der Waals surface area contributed by atoms with Gasteiger partial charge in [-0.2, -0.15) is 0 Å². The Morgan fingerprint density at radius 3 is 2.36 bits per heavy atom. The molecule has 5 heteroatoms. The molecule has 0 radical (unpaired) electrons. The number of non-ortho nitro benzene ring substituents is 1. The first-order valence-corrected chi connectivity index (χ1v) is 7.78. The minimum absolute atomic E-state index is 0.0496. The highest BCUT2D eigenvalue weighted by molar-refractivity contribution is 5.84. The van der Waals surface area contributed by atoms with Crippen LogP contribution in [-0.4, -0.2) is 14.9 Å². The van der Waals surface area contributed by atoms with Crippen LogP contribution < -0.4 is 0 Å². The van der Waals surface area contributed by atoms with Gasteiger partial charge in [-0.1, -0.05) is 42.5 Å². The molecular formula is C20H13N3O2. The summed E-state index contributed by atoms with van der Waals surface area (Å²) in [4.78, 5) is 19.7. The van der Waals surface area contributed by atoms with Crippen LogP contribution in [0.3, 0.4) is 0 Å². The van der Waals surface area contributed by atoms with E-state index in [-0.39, 0.29) is 5.69 Å². The largest absolute Gasteiger partial charge is 0.270 e. The summed E-state index contributed by atoms with van der Waals surface area (Å²) in [5.74, 6) is 0. The topological polar surface area (TPSA) is 68.9 Å². The third-order valence-corrected chi connectivity index (χ3v) is 4.00. The maximum atomic E-state index is 11.0. The monoisotopic (exact) mass is 327 g/mol. The number of aromatic nitrogens is 2. The molecule has 4 aromatic rings. The van der Waals surface area contributed by atoms with Gasteiger partial charge >= 0.3 is 0 Å². The minimum Gasteiger partial charge on any atom is -0.258 e. The fourth-order valence-corrected chi connectivity index (χ4v) is 2.74. The summed E-state index contributed by atoms with van der Waals surface area (Å²) in [6.45, 7) is 0. The second-order valence-corrected chi connectivity index (χ2v) is 5.63. The number of fused-ring (bicyclic) bond motifs is 1. The zero-order valence-electron chi connectivity index (χ0n) is 13.2. The molecular weight excluding hydrogens is 314 g/mol. The molecule has 0 bridgehead atoms. The Balaban J connectivity index is 1.78. The molecule has 0 N–H and O–H groups in total. The Hall–Kier alpha value is -3.60. The second-order valence-electron chi connectivity index (χ2n) is 5.63. The third-order valence-electron chi connectivity index (χ3n) is 4.00. The van der Waals surface area contributed by atoms with Gasteiger partial charge in [-0.15, -0.1) is 0 Å². The molecule has 0 aliphatic rings. The molecule has 25 heavy (non-hydrogen) atoms. The fraction of sp³-hybridized carbons (Fsp3) is 0. The Kier molecular flexibility index (Phi) is 3.67. The summed E-state index contributed by atoms with van der Waals surface area (Å²) in [7, 11) is 0. The Morgan fingerprint density at radius 1 is 0.760 bits per heavy atom. The summed E-state index contributed by atoms with van der Waals surface area (Å²) in [5, 5.41) is 13.1. The lowest BCUT2D eigenvalue weighted by Crippen LogP contribution is -1.92. The van der Waals surface area contributed by atoms with E-state index in [2.05, 4.69) is 9.97 Å². The van der Waals surface area contributed by atoms with E-state index in [9.17, 15) is 10.1 Å². The number of rotatable bonds is 3. The smallest absolute Gasteiger partial charge is 0.258 e. The van der Waals surface area contributed by atoms with Crippen LogP contribution in [-0.2, 0) is 0 Å². The summed E-state index contributed by atoms with van der Waals surface area (Å²) in [6.07, 6.45) is 1.83. The maximum Gasteiger partial charge on any atom is 0.270 e. The van der Waals surface area contributed by atoms with Crippen molar-refractivity contribution >= 4 is 16.5 Å². The zero-order valence-corrected chi connectivity index (χ0v) is 13.2. The van der Waals surface area contributed by atoms with E-state index in [0.29, 0.717) is 11.3 Å². The second kappa shape index (κ2) is 6.13. The van der Waals surface area contributed by atoms with Crippen molar-refractivity contribution in [3.63, 3.8) is 0 Å². The van der Waals surface area contributed by atoms with Crippen molar-refractivity contribution in [2.75, 3.05) is 0 Å². The van der Waals surface area contributed by atoms with Crippen molar-refractivity contribution < 1.29 is 4.92 Å². The molecule has 0 amide bonds. The summed E-state index contributed by atoms with van der Waals surface area (Å²) >= 11 is 0. The van der Waals surface area contributed by atoms with E-state index in [1.807, 2.05) is 60.8 Å². The lowest BCUT2D eigenvalue weighted by atomic mass is 10.1. The lowest BCUT2D eigenvalue weighted by molar-refractivity contribution is -0.384. The predicted molar refractivity (Wildman–Crippen MR) is 97.1 cm³/mol. The van der Waals surface area contributed by atoms with Gasteiger partial charge in [0.15, 0.2) is 0 Å². The highest BCUT2D eigenvalue weighted by atomic mass is 16.6. The van der Waals surface area contributed by atoms with Gasteiger partial charge in [0.1, 0.15) is 0 Å². The molecule has 5 nitrogen and oxygen atoms in total. The molecule has 0 fully saturated rings. The molecule has 0 unspecified atom stereocenters. The number of pyridine rings is 2. The van der Waals surface area contributed by atoms with Crippen LogP contribution in [0.15, 0.2) is 79.0 Å². The molecule has 120 valence electrons. The van der Waals surface area contributed by atoms with E-state index in [1.165, 1.54) is 12.1 Å². The van der Waals surface area contributed by atoms with Crippen molar-refractivity contribution in [2.45, 2.75) is 0 Å². The van der Waals surface area contributed by atoms with E-state index in [0.717, 1.165) is 22.2 Å². The van der Waals surface area contributed by atoms with Crippen molar-refractivity contribution in [1.82, 2.24) is 9.97 Å². The number of hydrogen-bond acceptors (Lipinski definition) is 4. The molecule has 0 spiro atoms. The van der Waals surface area contributed by atoms with Crippen LogP contribution in [0.5, 0.6) is 0 Å². The number of hydrogen-bond donors (Lipinski definition) is 0. The molecule has 0 saturated carbocycles. The minimum atomic E-state index is -0.405.